The summed E-state index contributed by atoms with van der Waals surface area (Å²) in [7, 11) is 0. The molecule has 167 valence electrons. The second-order valence-corrected chi connectivity index (χ2v) is 8.34. The number of benzene rings is 3. The third kappa shape index (κ3) is 4.76. The topological polar surface area (TPSA) is 41.6 Å². The molecule has 0 N–H and O–H groups in total. The van der Waals surface area contributed by atoms with Gasteiger partial charge in [0.25, 0.3) is 0 Å². The Morgan fingerprint density at radius 3 is 2.06 bits per heavy atom. The van der Waals surface area contributed by atoms with Crippen LogP contribution in [0.4, 0.5) is 11.4 Å². The number of anilines is 2. The van der Waals surface area contributed by atoms with Gasteiger partial charge in [0.15, 0.2) is 11.5 Å². The van der Waals surface area contributed by atoms with Gasteiger partial charge in [-0.3, -0.25) is 0 Å². The monoisotopic (exact) mass is 430 g/mol. The van der Waals surface area contributed by atoms with Crippen molar-refractivity contribution in [3.05, 3.63) is 78.4 Å². The third-order valence-electron chi connectivity index (χ3n) is 6.33. The number of nitrogens with zero attached hydrogens (tertiary/aromatic N) is 1. The van der Waals surface area contributed by atoms with E-state index in [0.29, 0.717) is 19.1 Å². The van der Waals surface area contributed by atoms with E-state index in [-0.39, 0.29) is 12.5 Å². The van der Waals surface area contributed by atoms with E-state index in [9.17, 15) is 5.11 Å². The highest BCUT2D eigenvalue weighted by atomic mass is 16.5. The molecule has 2 atom stereocenters. The molecule has 3 aromatic rings. The Kier molecular flexibility index (Phi) is 7.33. The lowest BCUT2D eigenvalue weighted by atomic mass is 9.82. The smallest absolute Gasteiger partial charge is 0.151 e. The zero-order valence-corrected chi connectivity index (χ0v) is 19.0. The molecule has 4 rings (SSSR count). The zero-order valence-electron chi connectivity index (χ0n) is 19.0. The van der Waals surface area contributed by atoms with Crippen molar-refractivity contribution >= 4 is 11.4 Å². The first kappa shape index (κ1) is 22.2. The summed E-state index contributed by atoms with van der Waals surface area (Å²) in [6.07, 6.45) is 3.06. The Morgan fingerprint density at radius 2 is 1.50 bits per heavy atom. The first-order chi connectivity index (χ1) is 15.7. The van der Waals surface area contributed by atoms with E-state index in [1.165, 1.54) is 5.56 Å². The molecule has 0 saturated carbocycles. The van der Waals surface area contributed by atoms with Crippen molar-refractivity contribution in [2.75, 3.05) is 24.7 Å². The van der Waals surface area contributed by atoms with Gasteiger partial charge in [0.05, 0.1) is 24.5 Å². The molecular weight excluding hydrogens is 398 g/mol. The van der Waals surface area contributed by atoms with Crippen molar-refractivity contribution in [2.24, 2.45) is 5.92 Å². The molecule has 32 heavy (non-hydrogen) atoms. The molecule has 0 bridgehead atoms. The Balaban J connectivity index is 1.43. The minimum atomic E-state index is -0.0120. The number of ether oxygens (including phenoxy) is 2. The SMILES string of the molecule is CCCC(c1ccc(OCCN2c3ccccc3Oc3ccccc32)cc1)C(CC)C[O]. The molecule has 1 aliphatic rings. The van der Waals surface area contributed by atoms with E-state index in [2.05, 4.69) is 43.0 Å². The molecule has 4 nitrogen and oxygen atoms in total. The summed E-state index contributed by atoms with van der Waals surface area (Å²) in [5.41, 5.74) is 3.35. The molecule has 0 saturated heterocycles. The molecule has 0 aliphatic carbocycles. The summed E-state index contributed by atoms with van der Waals surface area (Å²) in [6, 6.07) is 24.5. The summed E-state index contributed by atoms with van der Waals surface area (Å²) >= 11 is 0. The minimum Gasteiger partial charge on any atom is -0.492 e. The third-order valence-corrected chi connectivity index (χ3v) is 6.33. The van der Waals surface area contributed by atoms with E-state index in [0.717, 1.165) is 47.9 Å². The molecule has 0 spiro atoms. The molecule has 1 radical (unpaired) electrons. The first-order valence-corrected chi connectivity index (χ1v) is 11.7. The summed E-state index contributed by atoms with van der Waals surface area (Å²) in [5, 5.41) is 11.6. The van der Waals surface area contributed by atoms with Gasteiger partial charge < -0.3 is 14.4 Å². The maximum Gasteiger partial charge on any atom is 0.151 e. The molecule has 1 aliphatic heterocycles. The van der Waals surface area contributed by atoms with Crippen LogP contribution < -0.4 is 14.4 Å². The fourth-order valence-corrected chi connectivity index (χ4v) is 4.59. The summed E-state index contributed by atoms with van der Waals surface area (Å²) in [6.45, 7) is 5.56. The number of fused-ring (bicyclic) bond motifs is 2. The van der Waals surface area contributed by atoms with Crippen LogP contribution in [0.1, 0.15) is 44.6 Å². The summed E-state index contributed by atoms with van der Waals surface area (Å²) in [5.74, 6) is 3.11. The van der Waals surface area contributed by atoms with Crippen LogP contribution in [-0.4, -0.2) is 19.8 Å². The van der Waals surface area contributed by atoms with E-state index in [1.54, 1.807) is 0 Å². The lowest BCUT2D eigenvalue weighted by molar-refractivity contribution is 0.124. The molecule has 1 heterocycles. The van der Waals surface area contributed by atoms with E-state index in [1.807, 2.05) is 48.5 Å². The Bertz CT molecular complexity index is 952. The van der Waals surface area contributed by atoms with Crippen molar-refractivity contribution in [3.8, 4) is 17.2 Å². The van der Waals surface area contributed by atoms with Gasteiger partial charge in [-0.25, -0.2) is 5.11 Å². The Labute approximate surface area is 191 Å². The van der Waals surface area contributed by atoms with Crippen molar-refractivity contribution in [2.45, 2.75) is 39.0 Å². The van der Waals surface area contributed by atoms with Crippen LogP contribution in [0.2, 0.25) is 0 Å². The normalized spacial score (nSPS) is 14.2. The zero-order chi connectivity index (χ0) is 22.3. The van der Waals surface area contributed by atoms with Crippen LogP contribution in [0.15, 0.2) is 72.8 Å². The quantitative estimate of drug-likeness (QED) is 0.338. The molecule has 0 aromatic heterocycles. The molecule has 4 heteroatoms. The highest BCUT2D eigenvalue weighted by Crippen LogP contribution is 2.46. The van der Waals surface area contributed by atoms with Crippen LogP contribution in [-0.2, 0) is 5.11 Å². The standard InChI is InChI=1S/C28H32NO3/c1-3-9-24(21(4-2)20-30)22-14-16-23(17-15-22)31-19-18-29-25-10-5-7-12-27(25)32-28-13-8-6-11-26(28)29/h5-8,10-17,21,24H,3-4,9,18-20H2,1-2H3. The average molecular weight is 431 g/mol. The highest BCUT2D eigenvalue weighted by molar-refractivity contribution is 5.77. The Hall–Kier alpha value is -2.98. The van der Waals surface area contributed by atoms with Gasteiger partial charge in [-0.2, -0.15) is 0 Å². The van der Waals surface area contributed by atoms with Crippen LogP contribution >= 0.6 is 0 Å². The molecular formula is C28H32NO3. The van der Waals surface area contributed by atoms with E-state index >= 15 is 0 Å². The van der Waals surface area contributed by atoms with Gasteiger partial charge in [0.1, 0.15) is 12.4 Å². The highest BCUT2D eigenvalue weighted by Gasteiger charge is 2.24. The number of hydrogen-bond donors (Lipinski definition) is 0. The lowest BCUT2D eigenvalue weighted by Gasteiger charge is -2.32. The first-order valence-electron chi connectivity index (χ1n) is 11.7. The van der Waals surface area contributed by atoms with Crippen molar-refractivity contribution in [1.29, 1.82) is 0 Å². The van der Waals surface area contributed by atoms with Crippen molar-refractivity contribution < 1.29 is 14.6 Å². The van der Waals surface area contributed by atoms with Crippen LogP contribution in [0.25, 0.3) is 0 Å². The van der Waals surface area contributed by atoms with Gasteiger partial charge >= 0.3 is 0 Å². The maximum atomic E-state index is 11.6. The van der Waals surface area contributed by atoms with Crippen LogP contribution in [0.5, 0.6) is 17.2 Å². The average Bonchev–Trinajstić information content (AvgIpc) is 2.84. The second kappa shape index (κ2) is 10.6. The Morgan fingerprint density at radius 1 is 0.875 bits per heavy atom. The van der Waals surface area contributed by atoms with Gasteiger partial charge in [0.2, 0.25) is 0 Å². The predicted molar refractivity (Wildman–Crippen MR) is 129 cm³/mol. The summed E-state index contributed by atoms with van der Waals surface area (Å²) < 4.78 is 12.2. The predicted octanol–water partition coefficient (Wildman–Crippen LogP) is 7.35. The van der Waals surface area contributed by atoms with Crippen LogP contribution in [0.3, 0.4) is 0 Å². The fourth-order valence-electron chi connectivity index (χ4n) is 4.59. The van der Waals surface area contributed by atoms with Gasteiger partial charge in [0, 0.05) is 0 Å². The van der Waals surface area contributed by atoms with Gasteiger partial charge in [-0.15, -0.1) is 0 Å². The van der Waals surface area contributed by atoms with Crippen molar-refractivity contribution in [3.63, 3.8) is 0 Å². The second-order valence-electron chi connectivity index (χ2n) is 8.34. The van der Waals surface area contributed by atoms with Gasteiger partial charge in [-0.1, -0.05) is 63.1 Å². The largest absolute Gasteiger partial charge is 0.492 e. The van der Waals surface area contributed by atoms with E-state index in [4.69, 9.17) is 9.47 Å². The molecule has 3 aromatic carbocycles. The number of para-hydroxylation sites is 4. The van der Waals surface area contributed by atoms with Crippen molar-refractivity contribution in [1.82, 2.24) is 0 Å². The summed E-state index contributed by atoms with van der Waals surface area (Å²) in [4.78, 5) is 2.25. The fraction of sp³-hybridized carbons (Fsp3) is 0.357. The van der Waals surface area contributed by atoms with Gasteiger partial charge in [-0.05, 0) is 60.2 Å². The van der Waals surface area contributed by atoms with Crippen LogP contribution in [0, 0.1) is 5.92 Å². The molecule has 0 fully saturated rings. The molecule has 2 unspecified atom stereocenters. The molecule has 0 amide bonds. The minimum absolute atomic E-state index is 0.0120. The number of hydrogen-bond acceptors (Lipinski definition) is 3. The number of rotatable bonds is 10. The lowest BCUT2D eigenvalue weighted by Crippen LogP contribution is -2.26. The van der Waals surface area contributed by atoms with E-state index < -0.39 is 0 Å². The maximum absolute atomic E-state index is 11.6.